The molecule has 1 aromatic heterocycles. The number of aromatic nitrogens is 1. The van der Waals surface area contributed by atoms with Gasteiger partial charge in [0.1, 0.15) is 11.6 Å². The number of amides is 1. The smallest absolute Gasteiger partial charge is 0.328 e. The van der Waals surface area contributed by atoms with E-state index in [2.05, 4.69) is 22.5 Å². The summed E-state index contributed by atoms with van der Waals surface area (Å²) >= 11 is 0. The molecule has 6 heteroatoms. The standard InChI is InChI=1S/C16H21N3O3/c1-16(2,15(21)22)19-14(20)12(17)8-7-10-9-18-13-6-4-3-5-11(10)13/h5-9,12,18H,3-4,17H2,1-2H3,(H,19,20)(H,21,22)/b8-7+/t12-/m1/s1. The topological polar surface area (TPSA) is 108 Å². The van der Waals surface area contributed by atoms with Gasteiger partial charge in [0.05, 0.1) is 0 Å². The normalized spacial score (nSPS) is 15.6. The van der Waals surface area contributed by atoms with Crippen LogP contribution in [0.25, 0.3) is 18.2 Å². The third-order valence-electron chi connectivity index (χ3n) is 3.60. The van der Waals surface area contributed by atoms with Crippen LogP contribution < -0.4 is 21.6 Å². The SMILES string of the molecule is CC(C)(NC(=O)[C@H](N)/C=C/c1c[nH]c2c1=CCCC=2)C(=O)O. The lowest BCUT2D eigenvalue weighted by atomic mass is 10.1. The van der Waals surface area contributed by atoms with E-state index in [1.54, 1.807) is 12.2 Å². The maximum Gasteiger partial charge on any atom is 0.328 e. The molecule has 1 heterocycles. The molecule has 118 valence electrons. The summed E-state index contributed by atoms with van der Waals surface area (Å²) in [6.07, 6.45) is 11.5. The van der Waals surface area contributed by atoms with Crippen molar-refractivity contribution in [3.05, 3.63) is 28.4 Å². The first kappa shape index (κ1) is 16.0. The molecule has 2 rings (SSSR count). The first-order valence-corrected chi connectivity index (χ1v) is 7.18. The molecule has 5 N–H and O–H groups in total. The highest BCUT2D eigenvalue weighted by atomic mass is 16.4. The molecule has 1 aromatic rings. The molecule has 6 nitrogen and oxygen atoms in total. The van der Waals surface area contributed by atoms with Gasteiger partial charge in [-0.3, -0.25) is 4.79 Å². The van der Waals surface area contributed by atoms with E-state index in [4.69, 9.17) is 10.8 Å². The van der Waals surface area contributed by atoms with Gasteiger partial charge in [-0.15, -0.1) is 0 Å². The molecule has 0 fully saturated rings. The number of carboxylic acids is 1. The van der Waals surface area contributed by atoms with E-state index in [1.165, 1.54) is 13.8 Å². The first-order chi connectivity index (χ1) is 10.3. The summed E-state index contributed by atoms with van der Waals surface area (Å²) in [4.78, 5) is 26.1. The molecule has 1 aliphatic rings. The van der Waals surface area contributed by atoms with Crippen molar-refractivity contribution in [2.24, 2.45) is 5.73 Å². The van der Waals surface area contributed by atoms with Crippen LogP contribution in [0.2, 0.25) is 0 Å². The number of aromatic amines is 1. The number of fused-ring (bicyclic) bond motifs is 1. The van der Waals surface area contributed by atoms with E-state index >= 15 is 0 Å². The van der Waals surface area contributed by atoms with Gasteiger partial charge in [0.25, 0.3) is 0 Å². The minimum Gasteiger partial charge on any atom is -0.480 e. The number of carbonyl (C=O) groups is 2. The molecule has 0 unspecified atom stereocenters. The molecule has 0 bridgehead atoms. The van der Waals surface area contributed by atoms with Gasteiger partial charge in [0.2, 0.25) is 5.91 Å². The fraction of sp³-hybridized carbons (Fsp3) is 0.375. The van der Waals surface area contributed by atoms with Crippen molar-refractivity contribution in [2.45, 2.75) is 38.3 Å². The van der Waals surface area contributed by atoms with E-state index in [-0.39, 0.29) is 0 Å². The van der Waals surface area contributed by atoms with Gasteiger partial charge in [-0.1, -0.05) is 24.3 Å². The van der Waals surface area contributed by atoms with Gasteiger partial charge < -0.3 is 21.1 Å². The molecule has 1 atom stereocenters. The van der Waals surface area contributed by atoms with E-state index in [0.717, 1.165) is 29.0 Å². The second kappa shape index (κ2) is 6.19. The van der Waals surface area contributed by atoms with Crippen LogP contribution >= 0.6 is 0 Å². The Morgan fingerprint density at radius 1 is 1.41 bits per heavy atom. The molecule has 1 aliphatic carbocycles. The molecule has 0 spiro atoms. The second-order valence-corrected chi connectivity index (χ2v) is 5.86. The monoisotopic (exact) mass is 303 g/mol. The summed E-state index contributed by atoms with van der Waals surface area (Å²) in [6.45, 7) is 2.83. The highest BCUT2D eigenvalue weighted by molar-refractivity contribution is 5.90. The lowest BCUT2D eigenvalue weighted by Gasteiger charge is -2.22. The van der Waals surface area contributed by atoms with Gasteiger partial charge in [0, 0.05) is 16.8 Å². The highest BCUT2D eigenvalue weighted by Gasteiger charge is 2.30. The largest absolute Gasteiger partial charge is 0.480 e. The van der Waals surface area contributed by atoms with Crippen molar-refractivity contribution in [1.82, 2.24) is 10.3 Å². The maximum absolute atomic E-state index is 11.9. The average Bonchev–Trinajstić information content (AvgIpc) is 2.87. The third-order valence-corrected chi connectivity index (χ3v) is 3.60. The minimum absolute atomic E-state index is 0.524. The molecule has 22 heavy (non-hydrogen) atoms. The quantitative estimate of drug-likeness (QED) is 0.598. The number of rotatable bonds is 5. The number of aliphatic carboxylic acids is 1. The Morgan fingerprint density at radius 3 is 2.77 bits per heavy atom. The van der Waals surface area contributed by atoms with Crippen molar-refractivity contribution in [3.63, 3.8) is 0 Å². The minimum atomic E-state index is -1.35. The Hall–Kier alpha value is -2.34. The number of hydrogen-bond donors (Lipinski definition) is 4. The Kier molecular flexibility index (Phi) is 4.51. The zero-order valence-electron chi connectivity index (χ0n) is 12.7. The molecular formula is C16H21N3O3. The van der Waals surface area contributed by atoms with Crippen molar-refractivity contribution < 1.29 is 14.7 Å². The summed E-state index contributed by atoms with van der Waals surface area (Å²) in [5.41, 5.74) is 5.41. The average molecular weight is 303 g/mol. The van der Waals surface area contributed by atoms with Gasteiger partial charge >= 0.3 is 5.97 Å². The molecule has 0 aliphatic heterocycles. The van der Waals surface area contributed by atoms with Crippen LogP contribution in [-0.4, -0.2) is 33.5 Å². The fourth-order valence-corrected chi connectivity index (χ4v) is 2.20. The van der Waals surface area contributed by atoms with Crippen LogP contribution in [0, 0.1) is 0 Å². The predicted molar refractivity (Wildman–Crippen MR) is 85.1 cm³/mol. The van der Waals surface area contributed by atoms with Crippen molar-refractivity contribution in [2.75, 3.05) is 0 Å². The van der Waals surface area contributed by atoms with Crippen molar-refractivity contribution in [3.8, 4) is 0 Å². The number of carbonyl (C=O) groups excluding carboxylic acids is 1. The summed E-state index contributed by atoms with van der Waals surface area (Å²) in [6, 6.07) is -0.906. The van der Waals surface area contributed by atoms with E-state index < -0.39 is 23.5 Å². The van der Waals surface area contributed by atoms with Gasteiger partial charge in [-0.05, 0) is 32.3 Å². The molecule has 0 saturated carbocycles. The summed E-state index contributed by atoms with van der Waals surface area (Å²) in [5.74, 6) is -1.63. The highest BCUT2D eigenvalue weighted by Crippen LogP contribution is 2.03. The first-order valence-electron chi connectivity index (χ1n) is 7.18. The Morgan fingerprint density at radius 2 is 2.09 bits per heavy atom. The van der Waals surface area contributed by atoms with Crippen molar-refractivity contribution >= 4 is 30.1 Å². The van der Waals surface area contributed by atoms with Crippen LogP contribution in [0.15, 0.2) is 12.3 Å². The maximum atomic E-state index is 11.9. The Labute approximate surface area is 128 Å². The molecule has 0 saturated heterocycles. The summed E-state index contributed by atoms with van der Waals surface area (Å²) in [7, 11) is 0. The number of nitrogens with two attached hydrogens (primary N) is 1. The summed E-state index contributed by atoms with van der Waals surface area (Å²) < 4.78 is 0. The van der Waals surface area contributed by atoms with Gasteiger partial charge in [0.15, 0.2) is 0 Å². The van der Waals surface area contributed by atoms with E-state index in [9.17, 15) is 9.59 Å². The van der Waals surface area contributed by atoms with E-state index in [0.29, 0.717) is 0 Å². The molecular weight excluding hydrogens is 282 g/mol. The van der Waals surface area contributed by atoms with Crippen molar-refractivity contribution in [1.29, 1.82) is 0 Å². The Bertz CT molecular complexity index is 728. The molecule has 0 aromatic carbocycles. The molecule has 1 amide bonds. The second-order valence-electron chi connectivity index (χ2n) is 5.86. The van der Waals surface area contributed by atoms with Gasteiger partial charge in [-0.2, -0.15) is 0 Å². The predicted octanol–water partition coefficient (Wildman–Crippen LogP) is -0.311. The summed E-state index contributed by atoms with van der Waals surface area (Å²) in [5, 5.41) is 13.6. The molecule has 0 radical (unpaired) electrons. The van der Waals surface area contributed by atoms with Crippen LogP contribution in [0.3, 0.4) is 0 Å². The van der Waals surface area contributed by atoms with Crippen LogP contribution in [0.4, 0.5) is 0 Å². The zero-order chi connectivity index (χ0) is 16.3. The van der Waals surface area contributed by atoms with Crippen LogP contribution in [-0.2, 0) is 9.59 Å². The third kappa shape index (κ3) is 3.46. The number of carboxylic acid groups (broad SMARTS) is 1. The fourth-order valence-electron chi connectivity index (χ4n) is 2.20. The number of hydrogen-bond acceptors (Lipinski definition) is 3. The number of nitrogens with one attached hydrogen (secondary N) is 2. The van der Waals surface area contributed by atoms with E-state index in [1.807, 2.05) is 6.20 Å². The lowest BCUT2D eigenvalue weighted by molar-refractivity contribution is -0.146. The Balaban J connectivity index is 2.09. The zero-order valence-corrected chi connectivity index (χ0v) is 12.7. The van der Waals surface area contributed by atoms with Crippen LogP contribution in [0.5, 0.6) is 0 Å². The lowest BCUT2D eigenvalue weighted by Crippen LogP contribution is -2.54. The van der Waals surface area contributed by atoms with Crippen LogP contribution in [0.1, 0.15) is 32.3 Å². The number of H-pyrrole nitrogens is 1. The van der Waals surface area contributed by atoms with Gasteiger partial charge in [-0.25, -0.2) is 4.79 Å².